The Morgan fingerprint density at radius 1 is 1.25 bits per heavy atom. The molecule has 1 N–H and O–H groups in total. The number of hydrogen-bond donors (Lipinski definition) is 1. The third kappa shape index (κ3) is 4.81. The van der Waals surface area contributed by atoms with E-state index in [1.165, 1.54) is 0 Å². The monoisotopic (exact) mass is 229 g/mol. The van der Waals surface area contributed by atoms with Crippen molar-refractivity contribution in [2.24, 2.45) is 5.92 Å². The third-order valence-corrected chi connectivity index (χ3v) is 3.30. The van der Waals surface area contributed by atoms with Crippen LogP contribution in [0.2, 0.25) is 0 Å². The Kier molecular flexibility index (Phi) is 6.32. The molecule has 1 fully saturated rings. The first kappa shape index (κ1) is 13.9. The van der Waals surface area contributed by atoms with Gasteiger partial charge in [-0.25, -0.2) is 0 Å². The van der Waals surface area contributed by atoms with Crippen molar-refractivity contribution < 1.29 is 9.47 Å². The summed E-state index contributed by atoms with van der Waals surface area (Å²) in [7, 11) is 0. The lowest BCUT2D eigenvalue weighted by molar-refractivity contribution is -0.0473. The molecular formula is C13H27NO2. The largest absolute Gasteiger partial charge is 0.376 e. The van der Waals surface area contributed by atoms with Crippen molar-refractivity contribution in [3.8, 4) is 0 Å². The fourth-order valence-electron chi connectivity index (χ4n) is 1.81. The summed E-state index contributed by atoms with van der Waals surface area (Å²) in [6.07, 6.45) is 3.34. The quantitative estimate of drug-likeness (QED) is 0.726. The predicted molar refractivity (Wildman–Crippen MR) is 66.7 cm³/mol. The Labute approximate surface area is 99.9 Å². The standard InChI is InChI=1S/C13H27NO2/c1-5-14-8-12-6-7-13(16-12)9-15-11(4)10(2)3/h10-14H,5-9H2,1-4H3. The molecule has 1 aliphatic rings. The lowest BCUT2D eigenvalue weighted by Gasteiger charge is -2.20. The number of rotatable bonds is 7. The molecule has 0 spiro atoms. The van der Waals surface area contributed by atoms with Crippen LogP contribution in [0.5, 0.6) is 0 Å². The van der Waals surface area contributed by atoms with Crippen LogP contribution in [-0.2, 0) is 9.47 Å². The smallest absolute Gasteiger partial charge is 0.0814 e. The summed E-state index contributed by atoms with van der Waals surface area (Å²) in [6.45, 7) is 11.4. The second-order valence-electron chi connectivity index (χ2n) is 5.05. The molecule has 3 atom stereocenters. The molecule has 1 aliphatic heterocycles. The maximum Gasteiger partial charge on any atom is 0.0814 e. The first-order valence-electron chi connectivity index (χ1n) is 6.61. The molecule has 96 valence electrons. The summed E-state index contributed by atoms with van der Waals surface area (Å²) in [5, 5.41) is 3.33. The molecule has 0 aromatic heterocycles. The molecule has 1 heterocycles. The zero-order valence-electron chi connectivity index (χ0n) is 11.2. The van der Waals surface area contributed by atoms with Crippen molar-refractivity contribution in [1.29, 1.82) is 0 Å². The van der Waals surface area contributed by atoms with Gasteiger partial charge in [0.05, 0.1) is 24.9 Å². The maximum absolute atomic E-state index is 5.91. The number of nitrogens with one attached hydrogen (secondary N) is 1. The number of ether oxygens (including phenoxy) is 2. The average molecular weight is 229 g/mol. The van der Waals surface area contributed by atoms with Crippen molar-refractivity contribution in [3.05, 3.63) is 0 Å². The van der Waals surface area contributed by atoms with E-state index in [1.54, 1.807) is 0 Å². The topological polar surface area (TPSA) is 30.5 Å². The molecule has 0 radical (unpaired) electrons. The zero-order chi connectivity index (χ0) is 12.0. The summed E-state index contributed by atoms with van der Waals surface area (Å²) in [4.78, 5) is 0. The number of likely N-dealkylation sites (N-methyl/N-ethyl adjacent to an activating group) is 1. The highest BCUT2D eigenvalue weighted by atomic mass is 16.5. The Hall–Kier alpha value is -0.120. The van der Waals surface area contributed by atoms with E-state index >= 15 is 0 Å². The summed E-state index contributed by atoms with van der Waals surface area (Å²) in [5.74, 6) is 0.582. The van der Waals surface area contributed by atoms with Crippen molar-refractivity contribution in [1.82, 2.24) is 5.32 Å². The lowest BCUT2D eigenvalue weighted by atomic mass is 10.1. The van der Waals surface area contributed by atoms with E-state index in [4.69, 9.17) is 9.47 Å². The van der Waals surface area contributed by atoms with Crippen LogP contribution < -0.4 is 5.32 Å². The van der Waals surface area contributed by atoms with Crippen LogP contribution in [0.25, 0.3) is 0 Å². The first-order valence-corrected chi connectivity index (χ1v) is 6.61. The fourth-order valence-corrected chi connectivity index (χ4v) is 1.81. The fraction of sp³-hybridized carbons (Fsp3) is 1.00. The van der Waals surface area contributed by atoms with E-state index in [9.17, 15) is 0 Å². The zero-order valence-corrected chi connectivity index (χ0v) is 11.2. The van der Waals surface area contributed by atoms with Gasteiger partial charge in [0.25, 0.3) is 0 Å². The van der Waals surface area contributed by atoms with Gasteiger partial charge in [0, 0.05) is 6.54 Å². The second-order valence-corrected chi connectivity index (χ2v) is 5.05. The van der Waals surface area contributed by atoms with E-state index in [0.717, 1.165) is 32.5 Å². The first-order chi connectivity index (χ1) is 7.63. The van der Waals surface area contributed by atoms with E-state index in [0.29, 0.717) is 24.2 Å². The molecule has 0 aromatic rings. The van der Waals surface area contributed by atoms with Gasteiger partial charge >= 0.3 is 0 Å². The van der Waals surface area contributed by atoms with Crippen LogP contribution in [-0.4, -0.2) is 38.0 Å². The van der Waals surface area contributed by atoms with Crippen molar-refractivity contribution in [2.45, 2.75) is 58.8 Å². The number of hydrogen-bond acceptors (Lipinski definition) is 3. The van der Waals surface area contributed by atoms with E-state index < -0.39 is 0 Å². The maximum atomic E-state index is 5.91. The molecular weight excluding hydrogens is 202 g/mol. The van der Waals surface area contributed by atoms with Gasteiger partial charge in [-0.05, 0) is 32.2 Å². The highest BCUT2D eigenvalue weighted by molar-refractivity contribution is 4.75. The molecule has 3 nitrogen and oxygen atoms in total. The third-order valence-electron chi connectivity index (χ3n) is 3.30. The highest BCUT2D eigenvalue weighted by Gasteiger charge is 2.25. The van der Waals surface area contributed by atoms with Gasteiger partial charge in [0.2, 0.25) is 0 Å². The molecule has 1 rings (SSSR count). The van der Waals surface area contributed by atoms with Crippen LogP contribution in [0.4, 0.5) is 0 Å². The normalized spacial score (nSPS) is 27.6. The van der Waals surface area contributed by atoms with E-state index in [1.807, 2.05) is 0 Å². The van der Waals surface area contributed by atoms with Crippen molar-refractivity contribution in [2.75, 3.05) is 19.7 Å². The van der Waals surface area contributed by atoms with Crippen LogP contribution in [0.15, 0.2) is 0 Å². The van der Waals surface area contributed by atoms with Gasteiger partial charge in [0.1, 0.15) is 0 Å². The molecule has 1 saturated heterocycles. The van der Waals surface area contributed by atoms with Crippen LogP contribution in [0.3, 0.4) is 0 Å². The van der Waals surface area contributed by atoms with E-state index in [-0.39, 0.29) is 0 Å². The second kappa shape index (κ2) is 7.25. The summed E-state index contributed by atoms with van der Waals surface area (Å²) in [6, 6.07) is 0. The minimum atomic E-state index is 0.310. The van der Waals surface area contributed by atoms with Crippen molar-refractivity contribution in [3.63, 3.8) is 0 Å². The summed E-state index contributed by atoms with van der Waals surface area (Å²) in [5.41, 5.74) is 0. The average Bonchev–Trinajstić information content (AvgIpc) is 2.70. The SMILES string of the molecule is CCNCC1CCC(COC(C)C(C)C)O1. The molecule has 3 heteroatoms. The minimum absolute atomic E-state index is 0.310. The molecule has 16 heavy (non-hydrogen) atoms. The molecule has 3 unspecified atom stereocenters. The lowest BCUT2D eigenvalue weighted by Crippen LogP contribution is -2.28. The Morgan fingerprint density at radius 3 is 2.56 bits per heavy atom. The van der Waals surface area contributed by atoms with Crippen molar-refractivity contribution >= 4 is 0 Å². The van der Waals surface area contributed by atoms with Gasteiger partial charge in [-0.3, -0.25) is 0 Å². The predicted octanol–water partition coefficient (Wildman–Crippen LogP) is 2.20. The van der Waals surface area contributed by atoms with Gasteiger partial charge < -0.3 is 14.8 Å². The van der Waals surface area contributed by atoms with Gasteiger partial charge in [-0.2, -0.15) is 0 Å². The summed E-state index contributed by atoms with van der Waals surface area (Å²) >= 11 is 0. The minimum Gasteiger partial charge on any atom is -0.376 e. The van der Waals surface area contributed by atoms with Crippen LogP contribution in [0, 0.1) is 5.92 Å². The highest BCUT2D eigenvalue weighted by Crippen LogP contribution is 2.20. The Bertz CT molecular complexity index is 185. The van der Waals surface area contributed by atoms with Gasteiger partial charge in [-0.1, -0.05) is 20.8 Å². The van der Waals surface area contributed by atoms with Gasteiger partial charge in [0.15, 0.2) is 0 Å². The molecule has 0 aliphatic carbocycles. The molecule has 0 amide bonds. The summed E-state index contributed by atoms with van der Waals surface area (Å²) < 4.78 is 11.7. The van der Waals surface area contributed by atoms with Crippen LogP contribution in [0.1, 0.15) is 40.5 Å². The van der Waals surface area contributed by atoms with Gasteiger partial charge in [-0.15, -0.1) is 0 Å². The molecule has 0 saturated carbocycles. The van der Waals surface area contributed by atoms with Crippen LogP contribution >= 0.6 is 0 Å². The Morgan fingerprint density at radius 2 is 1.94 bits per heavy atom. The van der Waals surface area contributed by atoms with E-state index in [2.05, 4.69) is 33.0 Å². The Balaban J connectivity index is 2.11. The molecule has 0 bridgehead atoms. The molecule has 0 aromatic carbocycles.